The van der Waals surface area contributed by atoms with E-state index in [1.54, 1.807) is 4.90 Å². The predicted octanol–water partition coefficient (Wildman–Crippen LogP) is 2.25. The van der Waals surface area contributed by atoms with Crippen molar-refractivity contribution in [2.24, 2.45) is 5.73 Å². The van der Waals surface area contributed by atoms with Crippen LogP contribution in [0.2, 0.25) is 0 Å². The number of aliphatic carboxylic acids is 1. The van der Waals surface area contributed by atoms with Gasteiger partial charge in [0.05, 0.1) is 0 Å². The number of carbonyl (C=O) groups is 4. The van der Waals surface area contributed by atoms with Crippen LogP contribution in [0.25, 0.3) is 11.1 Å². The number of piperidine rings is 1. The number of nitrogens with two attached hydrogens (primary N) is 1. The minimum atomic E-state index is -5.08. The molecular weight excluding hydrogens is 455 g/mol. The van der Waals surface area contributed by atoms with Crippen LogP contribution < -0.4 is 11.1 Å². The molecule has 0 radical (unpaired) electrons. The molecule has 0 aromatic heterocycles. The maximum atomic E-state index is 12.7. The molecule has 0 bridgehead atoms. The Morgan fingerprint density at radius 2 is 1.71 bits per heavy atom. The summed E-state index contributed by atoms with van der Waals surface area (Å²) in [5, 5.41) is 9.45. The van der Waals surface area contributed by atoms with Crippen molar-refractivity contribution in [3.8, 4) is 11.1 Å². The highest BCUT2D eigenvalue weighted by molar-refractivity contribution is 6.05. The van der Waals surface area contributed by atoms with Gasteiger partial charge in [-0.25, -0.2) is 4.79 Å². The van der Waals surface area contributed by atoms with Gasteiger partial charge in [0.1, 0.15) is 6.04 Å². The van der Waals surface area contributed by atoms with Crippen LogP contribution in [0, 0.1) is 0 Å². The summed E-state index contributed by atoms with van der Waals surface area (Å²) < 4.78 is 31.7. The molecule has 1 atom stereocenters. The van der Waals surface area contributed by atoms with Crippen molar-refractivity contribution in [1.29, 1.82) is 0 Å². The van der Waals surface area contributed by atoms with Crippen LogP contribution in [0.4, 0.5) is 13.2 Å². The fourth-order valence-corrected chi connectivity index (χ4v) is 3.78. The molecule has 4 N–H and O–H groups in total. The maximum absolute atomic E-state index is 12.7. The van der Waals surface area contributed by atoms with E-state index in [9.17, 15) is 27.6 Å². The SMILES string of the molecule is NCCc1ccc(-c2ccc3c(c2)CN(C2CCC(=O)NC2=O)C3=O)cc1.O=C(O)C(F)(F)F. The number of benzene rings is 2. The lowest BCUT2D eigenvalue weighted by Crippen LogP contribution is -2.52. The molecule has 180 valence electrons. The van der Waals surface area contributed by atoms with Gasteiger partial charge in [0, 0.05) is 18.5 Å². The second-order valence-electron chi connectivity index (χ2n) is 7.81. The normalized spacial score (nSPS) is 17.6. The molecule has 2 heterocycles. The molecule has 2 aromatic carbocycles. The van der Waals surface area contributed by atoms with Gasteiger partial charge in [-0.2, -0.15) is 13.2 Å². The Morgan fingerprint density at radius 1 is 1.09 bits per heavy atom. The first-order chi connectivity index (χ1) is 16.0. The Balaban J connectivity index is 0.000000406. The van der Waals surface area contributed by atoms with Crippen LogP contribution in [0.3, 0.4) is 0 Å². The molecule has 1 fully saturated rings. The lowest BCUT2D eigenvalue weighted by atomic mass is 9.99. The number of halogens is 3. The van der Waals surface area contributed by atoms with Crippen molar-refractivity contribution in [3.05, 3.63) is 59.2 Å². The Hall–Kier alpha value is -3.73. The van der Waals surface area contributed by atoms with Gasteiger partial charge < -0.3 is 15.7 Å². The van der Waals surface area contributed by atoms with Crippen molar-refractivity contribution < 1.29 is 37.5 Å². The highest BCUT2D eigenvalue weighted by Gasteiger charge is 2.39. The molecule has 1 saturated heterocycles. The Labute approximate surface area is 192 Å². The molecule has 4 rings (SSSR count). The topological polar surface area (TPSA) is 130 Å². The molecule has 2 aliphatic rings. The monoisotopic (exact) mass is 477 g/mol. The van der Waals surface area contributed by atoms with Gasteiger partial charge in [0.2, 0.25) is 11.8 Å². The minimum absolute atomic E-state index is 0.149. The van der Waals surface area contributed by atoms with Gasteiger partial charge >= 0.3 is 12.1 Å². The van der Waals surface area contributed by atoms with E-state index in [2.05, 4.69) is 29.6 Å². The third-order valence-electron chi connectivity index (χ3n) is 5.49. The van der Waals surface area contributed by atoms with Gasteiger partial charge in [0.15, 0.2) is 0 Å². The number of alkyl halides is 3. The third kappa shape index (κ3) is 5.60. The van der Waals surface area contributed by atoms with Crippen molar-refractivity contribution in [2.45, 2.75) is 38.0 Å². The summed E-state index contributed by atoms with van der Waals surface area (Å²) in [5.74, 6) is -3.57. The highest BCUT2D eigenvalue weighted by atomic mass is 19.4. The molecular formula is C23H22F3N3O5. The predicted molar refractivity (Wildman–Crippen MR) is 114 cm³/mol. The summed E-state index contributed by atoms with van der Waals surface area (Å²) in [4.78, 5) is 46.7. The number of nitrogens with zero attached hydrogens (tertiary/aromatic N) is 1. The van der Waals surface area contributed by atoms with E-state index in [4.69, 9.17) is 15.6 Å². The molecule has 0 spiro atoms. The van der Waals surface area contributed by atoms with E-state index < -0.39 is 18.2 Å². The van der Waals surface area contributed by atoms with Crippen LogP contribution >= 0.6 is 0 Å². The number of imide groups is 1. The Morgan fingerprint density at radius 3 is 2.26 bits per heavy atom. The van der Waals surface area contributed by atoms with Crippen molar-refractivity contribution >= 4 is 23.7 Å². The minimum Gasteiger partial charge on any atom is -0.475 e. The van der Waals surface area contributed by atoms with Crippen molar-refractivity contribution in [1.82, 2.24) is 10.2 Å². The third-order valence-corrected chi connectivity index (χ3v) is 5.49. The second-order valence-corrected chi connectivity index (χ2v) is 7.81. The molecule has 34 heavy (non-hydrogen) atoms. The number of rotatable bonds is 4. The highest BCUT2D eigenvalue weighted by Crippen LogP contribution is 2.31. The number of carboxylic acid groups (broad SMARTS) is 1. The summed E-state index contributed by atoms with van der Waals surface area (Å²) in [7, 11) is 0. The van der Waals surface area contributed by atoms with Gasteiger partial charge in [-0.3, -0.25) is 19.7 Å². The summed E-state index contributed by atoms with van der Waals surface area (Å²) in [6.45, 7) is 1.01. The van der Waals surface area contributed by atoms with Gasteiger partial charge in [-0.05, 0) is 53.8 Å². The number of carboxylic acids is 1. The summed E-state index contributed by atoms with van der Waals surface area (Å²) in [6.07, 6.45) is -3.60. The fourth-order valence-electron chi connectivity index (χ4n) is 3.78. The molecule has 11 heteroatoms. The summed E-state index contributed by atoms with van der Waals surface area (Å²) in [6, 6.07) is 13.4. The first-order valence-corrected chi connectivity index (χ1v) is 10.4. The zero-order valence-electron chi connectivity index (χ0n) is 17.9. The lowest BCUT2D eigenvalue weighted by molar-refractivity contribution is -0.192. The standard InChI is InChI=1S/C21H21N3O3.C2HF3O2/c22-10-9-13-1-3-14(4-2-13)15-5-6-17-16(11-15)12-24(21(17)27)18-7-8-19(25)23-20(18)26;3-2(4,5)1(6)7/h1-6,11,18H,7-10,12,22H2,(H,23,25,26);(H,6,7). The number of fused-ring (bicyclic) bond motifs is 1. The van der Waals surface area contributed by atoms with E-state index in [1.807, 2.05) is 18.2 Å². The number of nitrogens with one attached hydrogen (secondary N) is 1. The summed E-state index contributed by atoms with van der Waals surface area (Å²) in [5.41, 5.74) is 10.4. The molecule has 2 aliphatic heterocycles. The van der Waals surface area contributed by atoms with E-state index in [0.29, 0.717) is 25.1 Å². The van der Waals surface area contributed by atoms with Crippen LogP contribution in [-0.2, 0) is 27.3 Å². The lowest BCUT2D eigenvalue weighted by Gasteiger charge is -2.29. The molecule has 8 nitrogen and oxygen atoms in total. The number of hydrogen-bond acceptors (Lipinski definition) is 5. The van der Waals surface area contributed by atoms with Crippen LogP contribution in [0.15, 0.2) is 42.5 Å². The molecule has 0 saturated carbocycles. The number of hydrogen-bond donors (Lipinski definition) is 3. The molecule has 0 aliphatic carbocycles. The number of carbonyl (C=O) groups excluding carboxylic acids is 3. The maximum Gasteiger partial charge on any atom is 0.490 e. The van der Waals surface area contributed by atoms with Crippen LogP contribution in [0.5, 0.6) is 0 Å². The van der Waals surface area contributed by atoms with Crippen molar-refractivity contribution in [3.63, 3.8) is 0 Å². The molecule has 3 amide bonds. The summed E-state index contributed by atoms with van der Waals surface area (Å²) >= 11 is 0. The van der Waals surface area contributed by atoms with Gasteiger partial charge in [-0.1, -0.05) is 30.3 Å². The second kappa shape index (κ2) is 10.0. The van der Waals surface area contributed by atoms with Crippen LogP contribution in [0.1, 0.15) is 34.3 Å². The van der Waals surface area contributed by atoms with Crippen LogP contribution in [-0.4, -0.2) is 52.5 Å². The smallest absolute Gasteiger partial charge is 0.475 e. The van der Waals surface area contributed by atoms with E-state index in [0.717, 1.165) is 23.1 Å². The Kier molecular flexibility index (Phi) is 7.35. The molecule has 1 unspecified atom stereocenters. The van der Waals surface area contributed by atoms with E-state index >= 15 is 0 Å². The van der Waals surface area contributed by atoms with E-state index in [-0.39, 0.29) is 24.1 Å². The first-order valence-electron chi connectivity index (χ1n) is 10.4. The zero-order valence-corrected chi connectivity index (χ0v) is 17.9. The average molecular weight is 477 g/mol. The largest absolute Gasteiger partial charge is 0.490 e. The fraction of sp³-hybridized carbons (Fsp3) is 0.304. The first kappa shape index (κ1) is 24.9. The van der Waals surface area contributed by atoms with Gasteiger partial charge in [-0.15, -0.1) is 0 Å². The zero-order chi connectivity index (χ0) is 25.0. The Bertz CT molecular complexity index is 1120. The number of amides is 3. The average Bonchev–Trinajstić information content (AvgIpc) is 3.10. The molecule has 2 aromatic rings. The quantitative estimate of drug-likeness (QED) is 0.580. The van der Waals surface area contributed by atoms with E-state index in [1.165, 1.54) is 5.56 Å². The van der Waals surface area contributed by atoms with Crippen molar-refractivity contribution in [2.75, 3.05) is 6.54 Å². The van der Waals surface area contributed by atoms with Gasteiger partial charge in [0.25, 0.3) is 5.91 Å².